The van der Waals surface area contributed by atoms with E-state index in [0.717, 1.165) is 32.8 Å². The van der Waals surface area contributed by atoms with E-state index in [0.29, 0.717) is 16.3 Å². The van der Waals surface area contributed by atoms with E-state index in [2.05, 4.69) is 10.2 Å². The molecule has 4 aromatic rings. The maximum Gasteiger partial charge on any atom is 0.337 e. The number of carbonyl (C=O) groups is 1. The highest BCUT2D eigenvalue weighted by Gasteiger charge is 2.12. The predicted octanol–water partition coefficient (Wildman–Crippen LogP) is 4.92. The fraction of sp³-hybridized carbons (Fsp3) is 0.150. The summed E-state index contributed by atoms with van der Waals surface area (Å²) in [5.74, 6) is 0.378. The number of esters is 1. The van der Waals surface area contributed by atoms with Crippen LogP contribution in [0.3, 0.4) is 0 Å². The Hall–Kier alpha value is -2.57. The number of thioether (sulfide) groups is 1. The first-order valence-corrected chi connectivity index (χ1v) is 9.67. The number of ether oxygens (including phenoxy) is 1. The van der Waals surface area contributed by atoms with Crippen LogP contribution >= 0.6 is 23.4 Å². The lowest BCUT2D eigenvalue weighted by atomic mass is 10.1. The average Bonchev–Trinajstić information content (AvgIpc) is 3.09. The van der Waals surface area contributed by atoms with Gasteiger partial charge in [0.25, 0.3) is 0 Å². The summed E-state index contributed by atoms with van der Waals surface area (Å²) in [5, 5.41) is 11.3. The minimum absolute atomic E-state index is 0.335. The first-order chi connectivity index (χ1) is 13.1. The number of nitrogens with zero attached hydrogens (tertiary/aromatic N) is 3. The molecule has 0 unspecified atom stereocenters. The summed E-state index contributed by atoms with van der Waals surface area (Å²) in [6, 6.07) is 15.2. The third kappa shape index (κ3) is 3.38. The Kier molecular flexibility index (Phi) is 4.76. The van der Waals surface area contributed by atoms with Crippen LogP contribution in [0.5, 0.6) is 0 Å². The van der Waals surface area contributed by atoms with Crippen LogP contribution in [0.15, 0.2) is 53.7 Å². The highest BCUT2D eigenvalue weighted by molar-refractivity contribution is 7.98. The van der Waals surface area contributed by atoms with Gasteiger partial charge in [0.05, 0.1) is 18.2 Å². The van der Waals surface area contributed by atoms with Gasteiger partial charge in [-0.05, 0) is 54.4 Å². The van der Waals surface area contributed by atoms with E-state index in [4.69, 9.17) is 16.3 Å². The second-order valence-electron chi connectivity index (χ2n) is 6.14. The molecule has 4 rings (SSSR count). The summed E-state index contributed by atoms with van der Waals surface area (Å²) in [6.07, 6.45) is 0. The highest BCUT2D eigenvalue weighted by atomic mass is 35.5. The van der Waals surface area contributed by atoms with Crippen molar-refractivity contribution in [2.24, 2.45) is 0 Å². The second-order valence-corrected chi connectivity index (χ2v) is 7.52. The van der Waals surface area contributed by atoms with Crippen molar-refractivity contribution in [2.75, 3.05) is 7.11 Å². The van der Waals surface area contributed by atoms with E-state index >= 15 is 0 Å². The number of hydrogen-bond donors (Lipinski definition) is 0. The molecule has 0 saturated carbocycles. The SMILES string of the molecule is COC(=O)c1ccc(CSc2nnc3cc(C)c4cc(Cl)ccc4n23)cc1. The van der Waals surface area contributed by atoms with Crippen LogP contribution in [0.2, 0.25) is 5.02 Å². The number of fused-ring (bicyclic) bond motifs is 3. The van der Waals surface area contributed by atoms with Crippen molar-refractivity contribution in [3.8, 4) is 0 Å². The maximum absolute atomic E-state index is 11.5. The Balaban J connectivity index is 1.65. The lowest BCUT2D eigenvalue weighted by Gasteiger charge is -2.08. The zero-order valence-electron chi connectivity index (χ0n) is 14.8. The molecule has 2 heterocycles. The van der Waals surface area contributed by atoms with E-state index in [9.17, 15) is 4.79 Å². The highest BCUT2D eigenvalue weighted by Crippen LogP contribution is 2.29. The van der Waals surface area contributed by atoms with Gasteiger partial charge >= 0.3 is 5.97 Å². The maximum atomic E-state index is 11.5. The Morgan fingerprint density at radius 2 is 1.93 bits per heavy atom. The Morgan fingerprint density at radius 1 is 1.15 bits per heavy atom. The molecule has 0 radical (unpaired) electrons. The second kappa shape index (κ2) is 7.21. The van der Waals surface area contributed by atoms with Gasteiger partial charge in [0, 0.05) is 16.2 Å². The fourth-order valence-corrected chi connectivity index (χ4v) is 4.07. The summed E-state index contributed by atoms with van der Waals surface area (Å²) in [6.45, 7) is 2.04. The van der Waals surface area contributed by atoms with E-state index < -0.39 is 0 Å². The Bertz CT molecular complexity index is 1160. The molecule has 136 valence electrons. The van der Waals surface area contributed by atoms with E-state index in [1.54, 1.807) is 23.9 Å². The molecule has 0 aliphatic rings. The number of carbonyl (C=O) groups excluding carboxylic acids is 1. The van der Waals surface area contributed by atoms with Crippen LogP contribution < -0.4 is 0 Å². The molecule has 0 saturated heterocycles. The minimum atomic E-state index is -0.335. The first kappa shape index (κ1) is 17.8. The van der Waals surface area contributed by atoms with Crippen LogP contribution in [0.1, 0.15) is 21.5 Å². The number of aromatic nitrogens is 3. The van der Waals surface area contributed by atoms with Crippen molar-refractivity contribution in [1.29, 1.82) is 0 Å². The molecule has 0 amide bonds. The zero-order valence-corrected chi connectivity index (χ0v) is 16.3. The van der Waals surface area contributed by atoms with Gasteiger partial charge in [-0.15, -0.1) is 10.2 Å². The Labute approximate surface area is 165 Å². The van der Waals surface area contributed by atoms with Gasteiger partial charge in [0.1, 0.15) is 0 Å². The number of aryl methyl sites for hydroxylation is 1. The molecule has 0 N–H and O–H groups in total. The molecule has 0 aliphatic heterocycles. The number of benzene rings is 2. The summed E-state index contributed by atoms with van der Waals surface area (Å²) in [7, 11) is 1.38. The summed E-state index contributed by atoms with van der Waals surface area (Å²) in [4.78, 5) is 11.5. The smallest absolute Gasteiger partial charge is 0.337 e. The number of rotatable bonds is 4. The lowest BCUT2D eigenvalue weighted by molar-refractivity contribution is 0.0600. The van der Waals surface area contributed by atoms with Crippen molar-refractivity contribution in [3.63, 3.8) is 0 Å². The molecule has 0 spiro atoms. The van der Waals surface area contributed by atoms with Crippen molar-refractivity contribution in [2.45, 2.75) is 17.8 Å². The molecule has 0 fully saturated rings. The number of methoxy groups -OCH3 is 1. The Morgan fingerprint density at radius 3 is 2.67 bits per heavy atom. The molecule has 7 heteroatoms. The molecule has 2 aromatic carbocycles. The van der Waals surface area contributed by atoms with Gasteiger partial charge in [-0.3, -0.25) is 4.40 Å². The van der Waals surface area contributed by atoms with Crippen molar-refractivity contribution in [3.05, 3.63) is 70.2 Å². The number of halogens is 1. The largest absolute Gasteiger partial charge is 0.465 e. The normalized spacial score (nSPS) is 11.2. The van der Waals surface area contributed by atoms with E-state index in [1.807, 2.05) is 47.7 Å². The molecule has 0 aliphatic carbocycles. The van der Waals surface area contributed by atoms with Gasteiger partial charge < -0.3 is 4.74 Å². The summed E-state index contributed by atoms with van der Waals surface area (Å²) >= 11 is 7.76. The molecular formula is C20H16ClN3O2S. The van der Waals surface area contributed by atoms with Gasteiger partial charge in [-0.1, -0.05) is 35.5 Å². The molecule has 5 nitrogen and oxygen atoms in total. The molecular weight excluding hydrogens is 382 g/mol. The average molecular weight is 398 g/mol. The number of pyridine rings is 1. The van der Waals surface area contributed by atoms with Gasteiger partial charge in [0.2, 0.25) is 0 Å². The van der Waals surface area contributed by atoms with Crippen molar-refractivity contribution in [1.82, 2.24) is 14.6 Å². The van der Waals surface area contributed by atoms with E-state index in [-0.39, 0.29) is 5.97 Å². The van der Waals surface area contributed by atoms with Gasteiger partial charge in [-0.2, -0.15) is 0 Å². The topological polar surface area (TPSA) is 56.5 Å². The quantitative estimate of drug-likeness (QED) is 0.361. The van der Waals surface area contributed by atoms with Crippen LogP contribution in [-0.4, -0.2) is 27.7 Å². The third-order valence-corrected chi connectivity index (χ3v) is 5.61. The van der Waals surface area contributed by atoms with Crippen LogP contribution in [-0.2, 0) is 10.5 Å². The van der Waals surface area contributed by atoms with Crippen LogP contribution in [0, 0.1) is 6.92 Å². The van der Waals surface area contributed by atoms with Gasteiger partial charge in [-0.25, -0.2) is 4.79 Å². The lowest BCUT2D eigenvalue weighted by Crippen LogP contribution is -2.00. The van der Waals surface area contributed by atoms with Crippen LogP contribution in [0.4, 0.5) is 0 Å². The monoisotopic (exact) mass is 397 g/mol. The molecule has 2 aromatic heterocycles. The van der Waals surface area contributed by atoms with Crippen molar-refractivity contribution >= 4 is 45.9 Å². The summed E-state index contributed by atoms with van der Waals surface area (Å²) < 4.78 is 6.77. The fourth-order valence-electron chi connectivity index (χ4n) is 2.99. The van der Waals surface area contributed by atoms with Crippen molar-refractivity contribution < 1.29 is 9.53 Å². The van der Waals surface area contributed by atoms with Gasteiger partial charge in [0.15, 0.2) is 10.8 Å². The zero-order chi connectivity index (χ0) is 19.0. The van der Waals surface area contributed by atoms with E-state index in [1.165, 1.54) is 7.11 Å². The molecule has 27 heavy (non-hydrogen) atoms. The predicted molar refractivity (Wildman–Crippen MR) is 108 cm³/mol. The minimum Gasteiger partial charge on any atom is -0.465 e. The molecule has 0 bridgehead atoms. The number of hydrogen-bond acceptors (Lipinski definition) is 5. The third-order valence-electron chi connectivity index (χ3n) is 4.37. The van der Waals surface area contributed by atoms with Crippen LogP contribution in [0.25, 0.3) is 16.6 Å². The summed E-state index contributed by atoms with van der Waals surface area (Å²) in [5.41, 5.74) is 4.58. The first-order valence-electron chi connectivity index (χ1n) is 8.31. The molecule has 0 atom stereocenters. The standard InChI is InChI=1S/C20H16ClN3O2S/c1-12-9-18-22-23-20(24(18)17-8-7-15(21)10-16(12)17)27-11-13-3-5-14(6-4-13)19(25)26-2/h3-10H,11H2,1-2H3.